The third-order valence-electron chi connectivity index (χ3n) is 1.76. The van der Waals surface area contributed by atoms with Gasteiger partial charge in [0.2, 0.25) is 0 Å². The molecule has 15 heavy (non-hydrogen) atoms. The molecule has 0 bridgehead atoms. The van der Waals surface area contributed by atoms with E-state index in [1.165, 1.54) is 22.2 Å². The van der Waals surface area contributed by atoms with Crippen LogP contribution in [0.1, 0.15) is 9.67 Å². The van der Waals surface area contributed by atoms with Crippen LogP contribution in [0.5, 0.6) is 0 Å². The van der Waals surface area contributed by atoms with Gasteiger partial charge >= 0.3 is 0 Å². The maximum absolute atomic E-state index is 11.7. The van der Waals surface area contributed by atoms with E-state index in [9.17, 15) is 4.79 Å². The molecule has 0 radical (unpaired) electrons. The summed E-state index contributed by atoms with van der Waals surface area (Å²) in [4.78, 5) is 12.4. The van der Waals surface area contributed by atoms with Gasteiger partial charge in [-0.2, -0.15) is 5.10 Å². The van der Waals surface area contributed by atoms with Crippen molar-refractivity contribution in [1.29, 1.82) is 0 Å². The highest BCUT2D eigenvalue weighted by Gasteiger charge is 2.09. The molecule has 2 heterocycles. The lowest BCUT2D eigenvalue weighted by atomic mass is 10.3. The Morgan fingerprint density at radius 2 is 2.40 bits per heavy atom. The Morgan fingerprint density at radius 3 is 2.93 bits per heavy atom. The van der Waals surface area contributed by atoms with Gasteiger partial charge in [0.05, 0.1) is 19.9 Å². The van der Waals surface area contributed by atoms with Crippen molar-refractivity contribution >= 4 is 44.7 Å². The van der Waals surface area contributed by atoms with Gasteiger partial charge in [-0.1, -0.05) is 11.6 Å². The predicted molar refractivity (Wildman–Crippen MR) is 63.6 cm³/mol. The molecule has 0 aromatic carbocycles. The predicted octanol–water partition coefficient (Wildman–Crippen LogP) is 3.24. The maximum Gasteiger partial charge on any atom is 0.194 e. The van der Waals surface area contributed by atoms with E-state index in [1.807, 2.05) is 6.07 Å². The summed E-state index contributed by atoms with van der Waals surface area (Å²) >= 11 is 10.4. The number of nitrogens with zero attached hydrogens (tertiary/aromatic N) is 2. The van der Waals surface area contributed by atoms with E-state index >= 15 is 0 Å². The molecule has 0 aliphatic heterocycles. The Bertz CT molecular complexity index is 494. The summed E-state index contributed by atoms with van der Waals surface area (Å²) < 4.78 is 2.47. The fraction of sp³-hybridized carbons (Fsp3) is 0.111. The first kappa shape index (κ1) is 10.9. The number of Topliss-reactive ketones (excluding diaryl/α,β-unsaturated/α-hetero) is 1. The fourth-order valence-electron chi connectivity index (χ4n) is 1.11. The van der Waals surface area contributed by atoms with Gasteiger partial charge in [0, 0.05) is 6.20 Å². The summed E-state index contributed by atoms with van der Waals surface area (Å²) in [6.45, 7) is 0.222. The molecular formula is C9H6BrClN2OS. The number of rotatable bonds is 3. The van der Waals surface area contributed by atoms with Crippen LogP contribution in [-0.2, 0) is 6.54 Å². The lowest BCUT2D eigenvalue weighted by Gasteiger charge is -1.97. The third kappa shape index (κ3) is 2.68. The van der Waals surface area contributed by atoms with Gasteiger partial charge in [0.1, 0.15) is 6.54 Å². The number of ketones is 1. The minimum Gasteiger partial charge on any atom is -0.291 e. The lowest BCUT2D eigenvalue weighted by molar-refractivity contribution is 0.0971. The standard InChI is InChI=1S/C9H6BrClN2OS/c10-9-2-1-8(15-9)7(14)5-13-4-6(11)3-12-13/h1-4H,5H2. The smallest absolute Gasteiger partial charge is 0.194 e. The van der Waals surface area contributed by atoms with Crippen molar-refractivity contribution in [3.63, 3.8) is 0 Å². The first-order valence-corrected chi connectivity index (χ1v) is 6.10. The molecule has 0 saturated carbocycles. The molecule has 6 heteroatoms. The molecule has 0 aliphatic carbocycles. The second-order valence-corrected chi connectivity index (χ2v) is 5.78. The Balaban J connectivity index is 2.10. The molecule has 2 rings (SSSR count). The topological polar surface area (TPSA) is 34.9 Å². The van der Waals surface area contributed by atoms with Gasteiger partial charge in [-0.15, -0.1) is 11.3 Å². The zero-order valence-electron chi connectivity index (χ0n) is 7.48. The van der Waals surface area contributed by atoms with Crippen LogP contribution in [0.3, 0.4) is 0 Å². The van der Waals surface area contributed by atoms with Crippen LogP contribution in [0.15, 0.2) is 28.3 Å². The van der Waals surface area contributed by atoms with Gasteiger partial charge in [-0.3, -0.25) is 9.48 Å². The zero-order chi connectivity index (χ0) is 10.8. The van der Waals surface area contributed by atoms with E-state index in [1.54, 1.807) is 12.3 Å². The maximum atomic E-state index is 11.7. The third-order valence-corrected chi connectivity index (χ3v) is 3.62. The molecule has 0 saturated heterocycles. The molecule has 0 aliphatic rings. The van der Waals surface area contributed by atoms with Crippen LogP contribution in [-0.4, -0.2) is 15.6 Å². The molecule has 0 unspecified atom stereocenters. The number of carbonyl (C=O) groups excluding carboxylic acids is 1. The van der Waals surface area contributed by atoms with Gasteiger partial charge in [0.25, 0.3) is 0 Å². The number of carbonyl (C=O) groups is 1. The zero-order valence-corrected chi connectivity index (χ0v) is 10.6. The molecule has 0 amide bonds. The van der Waals surface area contributed by atoms with Gasteiger partial charge < -0.3 is 0 Å². The summed E-state index contributed by atoms with van der Waals surface area (Å²) in [6, 6.07) is 3.65. The van der Waals surface area contributed by atoms with Crippen LogP contribution in [0.2, 0.25) is 5.02 Å². The number of thiophene rings is 1. The Morgan fingerprint density at radius 1 is 1.60 bits per heavy atom. The summed E-state index contributed by atoms with van der Waals surface area (Å²) in [7, 11) is 0. The van der Waals surface area contributed by atoms with Crippen molar-refractivity contribution in [2.45, 2.75) is 6.54 Å². The number of halogens is 2. The van der Waals surface area contributed by atoms with Crippen LogP contribution in [0.4, 0.5) is 0 Å². The van der Waals surface area contributed by atoms with Crippen LogP contribution >= 0.6 is 38.9 Å². The largest absolute Gasteiger partial charge is 0.291 e. The highest BCUT2D eigenvalue weighted by molar-refractivity contribution is 9.11. The van der Waals surface area contributed by atoms with Crippen molar-refractivity contribution in [3.05, 3.63) is 38.2 Å². The van der Waals surface area contributed by atoms with E-state index in [-0.39, 0.29) is 12.3 Å². The van der Waals surface area contributed by atoms with Gasteiger partial charge in [-0.25, -0.2) is 0 Å². The van der Waals surface area contributed by atoms with E-state index in [2.05, 4.69) is 21.0 Å². The Labute approximate surface area is 104 Å². The SMILES string of the molecule is O=C(Cn1cc(Cl)cn1)c1ccc(Br)s1. The Kier molecular flexibility index (Phi) is 3.23. The monoisotopic (exact) mass is 304 g/mol. The first-order valence-electron chi connectivity index (χ1n) is 4.11. The molecular weight excluding hydrogens is 300 g/mol. The van der Waals surface area contributed by atoms with Crippen molar-refractivity contribution < 1.29 is 4.79 Å². The summed E-state index contributed by atoms with van der Waals surface area (Å²) in [5.74, 6) is 0.0328. The molecule has 2 aromatic rings. The second-order valence-electron chi connectivity index (χ2n) is 2.88. The Hall–Kier alpha value is -0.650. The van der Waals surface area contributed by atoms with E-state index in [4.69, 9.17) is 11.6 Å². The van der Waals surface area contributed by atoms with Crippen molar-refractivity contribution in [2.24, 2.45) is 0 Å². The van der Waals surface area contributed by atoms with Crippen molar-refractivity contribution in [3.8, 4) is 0 Å². The van der Waals surface area contributed by atoms with Crippen LogP contribution in [0, 0.1) is 0 Å². The average molecular weight is 306 g/mol. The van der Waals surface area contributed by atoms with E-state index in [0.29, 0.717) is 9.90 Å². The van der Waals surface area contributed by atoms with Gasteiger partial charge in [0.15, 0.2) is 5.78 Å². The lowest BCUT2D eigenvalue weighted by Crippen LogP contribution is -2.09. The number of aromatic nitrogens is 2. The number of hydrogen-bond acceptors (Lipinski definition) is 3. The fourth-order valence-corrected chi connectivity index (χ4v) is 2.59. The summed E-state index contributed by atoms with van der Waals surface area (Å²) in [5.41, 5.74) is 0. The van der Waals surface area contributed by atoms with E-state index < -0.39 is 0 Å². The minimum atomic E-state index is 0.0328. The molecule has 2 aromatic heterocycles. The number of hydrogen-bond donors (Lipinski definition) is 0. The average Bonchev–Trinajstić information content (AvgIpc) is 2.75. The van der Waals surface area contributed by atoms with Crippen LogP contribution in [0.25, 0.3) is 0 Å². The van der Waals surface area contributed by atoms with Crippen LogP contribution < -0.4 is 0 Å². The normalized spacial score (nSPS) is 10.5. The molecule has 0 N–H and O–H groups in total. The van der Waals surface area contributed by atoms with Gasteiger partial charge in [-0.05, 0) is 28.1 Å². The quantitative estimate of drug-likeness (QED) is 0.816. The van der Waals surface area contributed by atoms with E-state index in [0.717, 1.165) is 3.79 Å². The summed E-state index contributed by atoms with van der Waals surface area (Å²) in [6.07, 6.45) is 3.14. The molecule has 78 valence electrons. The molecule has 0 fully saturated rings. The minimum absolute atomic E-state index is 0.0328. The highest BCUT2D eigenvalue weighted by atomic mass is 79.9. The second kappa shape index (κ2) is 4.47. The van der Waals surface area contributed by atoms with Crippen molar-refractivity contribution in [2.75, 3.05) is 0 Å². The van der Waals surface area contributed by atoms with Crippen molar-refractivity contribution in [1.82, 2.24) is 9.78 Å². The molecule has 3 nitrogen and oxygen atoms in total. The summed E-state index contributed by atoms with van der Waals surface area (Å²) in [5, 5.41) is 4.48. The molecule has 0 spiro atoms. The highest BCUT2D eigenvalue weighted by Crippen LogP contribution is 2.22. The first-order chi connectivity index (χ1) is 7.15. The molecule has 0 atom stereocenters.